The largest absolute Gasteiger partial charge is 0.352 e. The van der Waals surface area contributed by atoms with Gasteiger partial charge in [-0.1, -0.05) is 23.7 Å². The monoisotopic (exact) mass is 485 g/mol. The summed E-state index contributed by atoms with van der Waals surface area (Å²) in [5.74, 6) is 1.32. The number of piperazine rings is 1. The van der Waals surface area contributed by atoms with Crippen molar-refractivity contribution < 1.29 is 4.79 Å². The molecule has 3 aromatic rings. The predicted molar refractivity (Wildman–Crippen MR) is 133 cm³/mol. The Labute approximate surface area is 202 Å². The summed E-state index contributed by atoms with van der Waals surface area (Å²) in [5.41, 5.74) is 7.64. The molecule has 1 aromatic carbocycles. The fourth-order valence-electron chi connectivity index (χ4n) is 3.69. The number of amides is 2. The standard InChI is InChI=1S/C22H26ClN8OS/c1-3-29-8-10-30(11-9-29)20-18(14-26-15(2)27-20)31(22-25-7-12-33-22)21(32)28-19-16(13-24)5-4-6-17(19)23/h4-7,12,14H,1,3,8-11,13,24H2,2H3,(H,28,32). The Kier molecular flexibility index (Phi) is 7.39. The van der Waals surface area contributed by atoms with Crippen molar-refractivity contribution in [2.75, 3.05) is 47.8 Å². The normalized spacial score (nSPS) is 14.4. The van der Waals surface area contributed by atoms with Gasteiger partial charge in [0.2, 0.25) is 0 Å². The Hall–Kier alpha value is -2.79. The summed E-state index contributed by atoms with van der Waals surface area (Å²) >= 11 is 7.73. The molecule has 1 aliphatic heterocycles. The molecule has 0 atom stereocenters. The molecular weight excluding hydrogens is 460 g/mol. The van der Waals surface area contributed by atoms with Gasteiger partial charge >= 0.3 is 6.03 Å². The van der Waals surface area contributed by atoms with Gasteiger partial charge in [-0.15, -0.1) is 11.3 Å². The molecule has 1 aliphatic rings. The molecule has 0 bridgehead atoms. The van der Waals surface area contributed by atoms with Crippen LogP contribution in [-0.2, 0) is 6.54 Å². The maximum atomic E-state index is 13.6. The first-order valence-corrected chi connectivity index (χ1v) is 11.9. The Bertz CT molecular complexity index is 1100. The lowest BCUT2D eigenvalue weighted by Gasteiger charge is -2.36. The molecule has 2 aromatic heterocycles. The summed E-state index contributed by atoms with van der Waals surface area (Å²) in [6, 6.07) is 4.93. The van der Waals surface area contributed by atoms with Crippen LogP contribution in [0.15, 0.2) is 36.0 Å². The van der Waals surface area contributed by atoms with Crippen LogP contribution in [0.3, 0.4) is 0 Å². The minimum atomic E-state index is -0.419. The molecule has 33 heavy (non-hydrogen) atoms. The zero-order valence-electron chi connectivity index (χ0n) is 18.4. The van der Waals surface area contributed by atoms with Gasteiger partial charge < -0.3 is 16.0 Å². The van der Waals surface area contributed by atoms with Gasteiger partial charge in [-0.25, -0.2) is 24.6 Å². The molecular formula is C22H26ClN8OS. The molecule has 173 valence electrons. The van der Waals surface area contributed by atoms with Crippen LogP contribution in [0, 0.1) is 13.8 Å². The Morgan fingerprint density at radius 3 is 2.76 bits per heavy atom. The molecule has 2 amide bonds. The number of hydrogen-bond acceptors (Lipinski definition) is 8. The Morgan fingerprint density at radius 2 is 2.09 bits per heavy atom. The zero-order chi connectivity index (χ0) is 23.4. The van der Waals surface area contributed by atoms with Crippen LogP contribution in [0.25, 0.3) is 0 Å². The minimum Gasteiger partial charge on any atom is -0.352 e. The molecule has 3 heterocycles. The van der Waals surface area contributed by atoms with Crippen molar-refractivity contribution in [1.29, 1.82) is 0 Å². The van der Waals surface area contributed by atoms with Crippen molar-refractivity contribution in [1.82, 2.24) is 19.9 Å². The summed E-state index contributed by atoms with van der Waals surface area (Å²) in [6.45, 7) is 10.1. The highest BCUT2D eigenvalue weighted by atomic mass is 35.5. The second-order valence-electron chi connectivity index (χ2n) is 7.51. The lowest BCUT2D eigenvalue weighted by atomic mass is 10.2. The van der Waals surface area contributed by atoms with E-state index < -0.39 is 6.03 Å². The number of carbonyl (C=O) groups excluding carboxylic acids is 1. The van der Waals surface area contributed by atoms with Gasteiger partial charge in [0.15, 0.2) is 10.9 Å². The summed E-state index contributed by atoms with van der Waals surface area (Å²) in [5, 5.41) is 5.66. The molecule has 0 unspecified atom stereocenters. The number of carbonyl (C=O) groups is 1. The molecule has 3 N–H and O–H groups in total. The number of nitrogens with zero attached hydrogens (tertiary/aromatic N) is 6. The van der Waals surface area contributed by atoms with Gasteiger partial charge in [0.25, 0.3) is 0 Å². The molecule has 0 saturated carbocycles. The van der Waals surface area contributed by atoms with E-state index in [-0.39, 0.29) is 6.54 Å². The van der Waals surface area contributed by atoms with Crippen LogP contribution in [0.4, 0.5) is 27.1 Å². The van der Waals surface area contributed by atoms with Crippen molar-refractivity contribution in [2.24, 2.45) is 5.73 Å². The molecule has 0 spiro atoms. The average Bonchev–Trinajstić information content (AvgIpc) is 3.36. The topological polar surface area (TPSA) is 104 Å². The van der Waals surface area contributed by atoms with Crippen LogP contribution in [0.2, 0.25) is 5.02 Å². The quantitative estimate of drug-likeness (QED) is 0.548. The SMILES string of the molecule is [CH2]CN1CCN(c2nc(C)ncc2N(C(=O)Nc2c(Cl)cccc2CN)c2nccs2)CC1. The first-order valence-electron chi connectivity index (χ1n) is 10.6. The highest BCUT2D eigenvalue weighted by Gasteiger charge is 2.29. The van der Waals surface area contributed by atoms with Crippen molar-refractivity contribution in [3.63, 3.8) is 0 Å². The number of nitrogens with two attached hydrogens (primary N) is 1. The highest BCUT2D eigenvalue weighted by Crippen LogP contribution is 2.36. The van der Waals surface area contributed by atoms with Crippen LogP contribution < -0.4 is 20.9 Å². The molecule has 11 heteroatoms. The third-order valence-electron chi connectivity index (χ3n) is 5.46. The second kappa shape index (κ2) is 10.4. The molecule has 1 fully saturated rings. The number of aryl methyl sites for hydroxylation is 1. The first kappa shape index (κ1) is 23.4. The number of urea groups is 1. The average molecular weight is 486 g/mol. The molecule has 0 aliphatic carbocycles. The van der Waals surface area contributed by atoms with Gasteiger partial charge in [-0.2, -0.15) is 0 Å². The number of anilines is 4. The molecule has 1 saturated heterocycles. The van der Waals surface area contributed by atoms with Crippen molar-refractivity contribution in [3.05, 3.63) is 59.3 Å². The van der Waals surface area contributed by atoms with E-state index in [0.717, 1.165) is 38.3 Å². The fourth-order valence-corrected chi connectivity index (χ4v) is 4.59. The number of nitrogens with one attached hydrogen (secondary N) is 1. The predicted octanol–water partition coefficient (Wildman–Crippen LogP) is 3.68. The summed E-state index contributed by atoms with van der Waals surface area (Å²) in [4.78, 5) is 33.1. The highest BCUT2D eigenvalue weighted by molar-refractivity contribution is 7.13. The lowest BCUT2D eigenvalue weighted by molar-refractivity contribution is 0.259. The van der Waals surface area contributed by atoms with E-state index in [9.17, 15) is 4.79 Å². The van der Waals surface area contributed by atoms with Crippen molar-refractivity contribution in [3.8, 4) is 0 Å². The van der Waals surface area contributed by atoms with Crippen molar-refractivity contribution >= 4 is 51.3 Å². The maximum absolute atomic E-state index is 13.6. The number of thiazole rings is 1. The number of para-hydroxylation sites is 1. The number of hydrogen-bond donors (Lipinski definition) is 2. The van der Waals surface area contributed by atoms with Crippen LogP contribution in [0.5, 0.6) is 0 Å². The van der Waals surface area contributed by atoms with E-state index >= 15 is 0 Å². The molecule has 4 rings (SSSR count). The second-order valence-corrected chi connectivity index (χ2v) is 8.79. The zero-order valence-corrected chi connectivity index (χ0v) is 19.9. The third kappa shape index (κ3) is 5.09. The first-order chi connectivity index (χ1) is 16.0. The number of aromatic nitrogens is 3. The summed E-state index contributed by atoms with van der Waals surface area (Å²) in [6.07, 6.45) is 3.33. The van der Waals surface area contributed by atoms with Gasteiger partial charge in [-0.05, 0) is 32.0 Å². The number of benzene rings is 1. The van der Waals surface area contributed by atoms with Gasteiger partial charge in [-0.3, -0.25) is 4.90 Å². The summed E-state index contributed by atoms with van der Waals surface area (Å²) < 4.78 is 0. The van der Waals surface area contributed by atoms with E-state index in [2.05, 4.69) is 32.0 Å². The van der Waals surface area contributed by atoms with Gasteiger partial charge in [0.1, 0.15) is 11.5 Å². The maximum Gasteiger partial charge on any atom is 0.333 e. The van der Waals surface area contributed by atoms with E-state index in [1.807, 2.05) is 18.4 Å². The number of rotatable bonds is 6. The smallest absolute Gasteiger partial charge is 0.333 e. The third-order valence-corrected chi connectivity index (χ3v) is 6.54. The Morgan fingerprint density at radius 1 is 1.30 bits per heavy atom. The van der Waals surface area contributed by atoms with E-state index in [4.69, 9.17) is 22.3 Å². The molecule has 9 nitrogen and oxygen atoms in total. The van der Waals surface area contributed by atoms with Crippen molar-refractivity contribution in [2.45, 2.75) is 13.5 Å². The van der Waals surface area contributed by atoms with Gasteiger partial charge in [0, 0.05) is 44.3 Å². The van der Waals surface area contributed by atoms with E-state index in [0.29, 0.717) is 33.2 Å². The van der Waals surface area contributed by atoms with Crippen LogP contribution in [-0.4, -0.2) is 58.6 Å². The molecule has 1 radical (unpaired) electrons. The summed E-state index contributed by atoms with van der Waals surface area (Å²) in [7, 11) is 0. The number of halogens is 1. The fraction of sp³-hybridized carbons (Fsp3) is 0.318. The minimum absolute atomic E-state index is 0.239. The van der Waals surface area contributed by atoms with Crippen LogP contribution >= 0.6 is 22.9 Å². The van der Waals surface area contributed by atoms with E-state index in [1.54, 1.807) is 24.5 Å². The Balaban J connectivity index is 1.73. The lowest BCUT2D eigenvalue weighted by Crippen LogP contribution is -2.47. The van der Waals surface area contributed by atoms with E-state index in [1.165, 1.54) is 16.2 Å². The van der Waals surface area contributed by atoms with Gasteiger partial charge in [0.05, 0.1) is 16.9 Å². The van der Waals surface area contributed by atoms with Crippen LogP contribution in [0.1, 0.15) is 11.4 Å².